The van der Waals surface area contributed by atoms with Crippen molar-refractivity contribution in [2.24, 2.45) is 5.92 Å². The second-order valence-corrected chi connectivity index (χ2v) is 9.46. The number of rotatable bonds is 11. The summed E-state index contributed by atoms with van der Waals surface area (Å²) in [4.78, 5) is 6.75. The Morgan fingerprint density at radius 1 is 0.962 bits per heavy atom. The third-order valence-corrected chi connectivity index (χ3v) is 6.54. The molecule has 3 heteroatoms. The van der Waals surface area contributed by atoms with E-state index in [1.54, 1.807) is 0 Å². The first-order valence-corrected chi connectivity index (χ1v) is 11.6. The summed E-state index contributed by atoms with van der Waals surface area (Å²) in [6.07, 6.45) is 16.9. The monoisotopic (exact) mass is 367 g/mol. The van der Waals surface area contributed by atoms with Crippen LogP contribution in [-0.4, -0.2) is 29.0 Å². The molecular weight excluding hydrogens is 322 g/mol. The summed E-state index contributed by atoms with van der Waals surface area (Å²) < 4.78 is 6.55. The Morgan fingerprint density at radius 2 is 1.54 bits per heavy atom. The van der Waals surface area contributed by atoms with E-state index < -0.39 is 0 Å². The van der Waals surface area contributed by atoms with Crippen LogP contribution in [0.25, 0.3) is 0 Å². The predicted octanol–water partition coefficient (Wildman–Crippen LogP) is 6.85. The molecule has 1 heterocycles. The fourth-order valence-electron chi connectivity index (χ4n) is 4.85. The van der Waals surface area contributed by atoms with E-state index in [0.29, 0.717) is 12.0 Å². The molecule has 3 nitrogen and oxygen atoms in total. The van der Waals surface area contributed by atoms with Crippen molar-refractivity contribution >= 4 is 0 Å². The molecule has 1 unspecified atom stereocenters. The maximum absolute atomic E-state index is 6.75. The lowest BCUT2D eigenvalue weighted by atomic mass is 9.86. The van der Waals surface area contributed by atoms with Crippen molar-refractivity contribution < 1.29 is 9.57 Å². The quantitative estimate of drug-likeness (QED) is 0.372. The van der Waals surface area contributed by atoms with E-state index in [1.165, 1.54) is 70.6 Å². The van der Waals surface area contributed by atoms with Crippen LogP contribution in [-0.2, 0) is 9.57 Å². The van der Waals surface area contributed by atoms with Gasteiger partial charge in [-0.3, -0.25) is 4.84 Å². The van der Waals surface area contributed by atoms with Crippen LogP contribution in [0.1, 0.15) is 118 Å². The Hall–Kier alpha value is -0.120. The Balaban J connectivity index is 2.10. The van der Waals surface area contributed by atoms with Crippen molar-refractivity contribution in [3.8, 4) is 0 Å². The molecule has 154 valence electrons. The number of hydrogen-bond acceptors (Lipinski definition) is 3. The van der Waals surface area contributed by atoms with Gasteiger partial charge in [-0.2, -0.15) is 0 Å². The Morgan fingerprint density at radius 3 is 2.08 bits per heavy atom. The Bertz CT molecular complexity index is 380. The lowest BCUT2D eigenvalue weighted by Gasteiger charge is -2.44. The summed E-state index contributed by atoms with van der Waals surface area (Å²) in [6, 6.07) is 0. The first-order valence-electron chi connectivity index (χ1n) is 11.6. The van der Waals surface area contributed by atoms with Gasteiger partial charge in [0.05, 0.1) is 18.2 Å². The van der Waals surface area contributed by atoms with E-state index in [-0.39, 0.29) is 11.3 Å². The van der Waals surface area contributed by atoms with E-state index in [2.05, 4.69) is 39.7 Å². The third-order valence-electron chi connectivity index (χ3n) is 6.54. The lowest BCUT2D eigenvalue weighted by molar-refractivity contribution is -0.316. The van der Waals surface area contributed by atoms with Crippen molar-refractivity contribution in [1.82, 2.24) is 5.06 Å². The van der Waals surface area contributed by atoms with Gasteiger partial charge in [-0.15, -0.1) is 5.06 Å². The van der Waals surface area contributed by atoms with Gasteiger partial charge in [-0.25, -0.2) is 0 Å². The standard InChI is InChI=1S/C23H45NO2/c1-6-8-13-17-23(18-14-9-7-2)24(22(4,5)19-25-23)26-20(3)21-15-11-10-12-16-21/h20-21H,6-19H2,1-5H3. The Labute approximate surface area is 163 Å². The van der Waals surface area contributed by atoms with Gasteiger partial charge < -0.3 is 4.74 Å². The van der Waals surface area contributed by atoms with Gasteiger partial charge in [0.2, 0.25) is 0 Å². The van der Waals surface area contributed by atoms with E-state index in [1.807, 2.05) is 0 Å². The van der Waals surface area contributed by atoms with E-state index >= 15 is 0 Å². The summed E-state index contributed by atoms with van der Waals surface area (Å²) in [5.41, 5.74) is -0.252. The summed E-state index contributed by atoms with van der Waals surface area (Å²) >= 11 is 0. The van der Waals surface area contributed by atoms with Gasteiger partial charge in [-0.1, -0.05) is 58.8 Å². The summed E-state index contributed by atoms with van der Waals surface area (Å²) in [7, 11) is 0. The van der Waals surface area contributed by atoms with Crippen molar-refractivity contribution in [2.45, 2.75) is 135 Å². The van der Waals surface area contributed by atoms with E-state index in [4.69, 9.17) is 9.57 Å². The van der Waals surface area contributed by atoms with Crippen LogP contribution in [0.15, 0.2) is 0 Å². The zero-order valence-electron chi connectivity index (χ0n) is 18.3. The summed E-state index contributed by atoms with van der Waals surface area (Å²) in [5, 5.41) is 2.32. The highest BCUT2D eigenvalue weighted by atomic mass is 16.7. The van der Waals surface area contributed by atoms with E-state index in [9.17, 15) is 0 Å². The van der Waals surface area contributed by atoms with E-state index in [0.717, 1.165) is 19.4 Å². The van der Waals surface area contributed by atoms with Crippen molar-refractivity contribution in [3.63, 3.8) is 0 Å². The molecule has 1 saturated heterocycles. The number of nitrogens with zero attached hydrogens (tertiary/aromatic N) is 1. The molecule has 2 rings (SSSR count). The first kappa shape index (κ1) is 22.2. The normalized spacial score (nSPS) is 24.8. The van der Waals surface area contributed by atoms with Crippen molar-refractivity contribution in [2.75, 3.05) is 6.61 Å². The molecule has 1 aliphatic carbocycles. The maximum atomic E-state index is 6.75. The van der Waals surface area contributed by atoms with Gasteiger partial charge >= 0.3 is 0 Å². The topological polar surface area (TPSA) is 21.7 Å². The second kappa shape index (κ2) is 10.4. The third kappa shape index (κ3) is 5.69. The molecular formula is C23H45NO2. The van der Waals surface area contributed by atoms with Crippen LogP contribution in [0.4, 0.5) is 0 Å². The summed E-state index contributed by atoms with van der Waals surface area (Å²) in [5.74, 6) is 0.712. The van der Waals surface area contributed by atoms with Crippen LogP contribution in [0.3, 0.4) is 0 Å². The van der Waals surface area contributed by atoms with Crippen molar-refractivity contribution in [1.29, 1.82) is 0 Å². The highest BCUT2D eigenvalue weighted by Gasteiger charge is 2.53. The van der Waals surface area contributed by atoms with Crippen LogP contribution in [0.5, 0.6) is 0 Å². The van der Waals surface area contributed by atoms with Crippen LogP contribution >= 0.6 is 0 Å². The minimum Gasteiger partial charge on any atom is -0.356 e. The molecule has 0 aromatic rings. The second-order valence-electron chi connectivity index (χ2n) is 9.46. The Kier molecular flexibility index (Phi) is 8.90. The number of unbranched alkanes of at least 4 members (excludes halogenated alkanes) is 4. The maximum Gasteiger partial charge on any atom is 0.144 e. The molecule has 0 radical (unpaired) electrons. The molecule has 0 aromatic carbocycles. The van der Waals surface area contributed by atoms with Gasteiger partial charge in [-0.05, 0) is 65.2 Å². The molecule has 1 atom stereocenters. The molecule has 2 fully saturated rings. The van der Waals surface area contributed by atoms with Crippen LogP contribution in [0.2, 0.25) is 0 Å². The highest BCUT2D eigenvalue weighted by Crippen LogP contribution is 2.43. The molecule has 26 heavy (non-hydrogen) atoms. The average molecular weight is 368 g/mol. The zero-order chi connectivity index (χ0) is 19.0. The molecule has 1 saturated carbocycles. The number of hydrogen-bond donors (Lipinski definition) is 0. The fraction of sp³-hybridized carbons (Fsp3) is 1.00. The molecule has 0 aromatic heterocycles. The lowest BCUT2D eigenvalue weighted by Crippen LogP contribution is -2.54. The molecule has 0 N–H and O–H groups in total. The zero-order valence-corrected chi connectivity index (χ0v) is 18.3. The van der Waals surface area contributed by atoms with Gasteiger partial charge in [0, 0.05) is 0 Å². The van der Waals surface area contributed by atoms with Crippen LogP contribution < -0.4 is 0 Å². The smallest absolute Gasteiger partial charge is 0.144 e. The van der Waals surface area contributed by atoms with Crippen molar-refractivity contribution in [3.05, 3.63) is 0 Å². The minimum atomic E-state index is -0.212. The largest absolute Gasteiger partial charge is 0.356 e. The minimum absolute atomic E-state index is 0.0403. The molecule has 0 amide bonds. The van der Waals surface area contributed by atoms with Gasteiger partial charge in [0.25, 0.3) is 0 Å². The predicted molar refractivity (Wildman–Crippen MR) is 110 cm³/mol. The summed E-state index contributed by atoms with van der Waals surface area (Å²) in [6.45, 7) is 12.2. The average Bonchev–Trinajstić information content (AvgIpc) is 2.88. The number of hydroxylamine groups is 2. The SMILES string of the molecule is CCCCCC1(CCCCC)OCC(C)(C)N1OC(C)C1CCCCC1. The molecule has 0 bridgehead atoms. The molecule has 0 spiro atoms. The first-order chi connectivity index (χ1) is 12.4. The van der Waals surface area contributed by atoms with Gasteiger partial charge in [0.15, 0.2) is 0 Å². The van der Waals surface area contributed by atoms with Gasteiger partial charge in [0.1, 0.15) is 5.72 Å². The number of ether oxygens (including phenoxy) is 1. The molecule has 1 aliphatic heterocycles. The highest BCUT2D eigenvalue weighted by molar-refractivity contribution is 4.95. The molecule has 2 aliphatic rings. The fourth-order valence-corrected chi connectivity index (χ4v) is 4.85. The van der Waals surface area contributed by atoms with Crippen LogP contribution in [0, 0.1) is 5.92 Å².